The Morgan fingerprint density at radius 2 is 0.927 bits per heavy atom. The summed E-state index contributed by atoms with van der Waals surface area (Å²) in [6, 6.07) is 48.3. The van der Waals surface area contributed by atoms with Gasteiger partial charge in [-0.1, -0.05) is 78.3 Å². The standard InChI is InChI=1S/C36H22B2N2O/c1-3-11-23(12-4-1)39-27-17-9-16-26-33(27)38-34-28(39)18-10-19-29(34)40(24-13-5-2-6-14-24)30-21-22-32-36(35(30)38)37(26)25-15-7-8-20-31(25)41-32/h1-22H. The average Bonchev–Trinajstić information content (AvgIpc) is 3.04. The number of rotatable bonds is 2. The Morgan fingerprint density at radius 3 is 1.63 bits per heavy atom. The molecule has 6 aromatic carbocycles. The number of para-hydroxylation sites is 3. The van der Waals surface area contributed by atoms with Gasteiger partial charge in [0.25, 0.3) is 6.71 Å². The maximum Gasteiger partial charge on any atom is 0.250 e. The molecule has 0 saturated heterocycles. The Morgan fingerprint density at radius 1 is 0.366 bits per heavy atom. The van der Waals surface area contributed by atoms with Gasteiger partial charge >= 0.3 is 0 Å². The molecule has 10 rings (SSSR count). The number of anilines is 6. The van der Waals surface area contributed by atoms with Gasteiger partial charge in [0.05, 0.1) is 0 Å². The summed E-state index contributed by atoms with van der Waals surface area (Å²) < 4.78 is 6.65. The minimum atomic E-state index is 0.109. The molecule has 0 unspecified atom stereocenters. The van der Waals surface area contributed by atoms with Gasteiger partial charge in [-0.2, -0.15) is 0 Å². The molecule has 0 bridgehead atoms. The van der Waals surface area contributed by atoms with Gasteiger partial charge in [-0.05, 0) is 88.0 Å². The molecule has 0 N–H and O–H groups in total. The largest absolute Gasteiger partial charge is 0.458 e. The van der Waals surface area contributed by atoms with Gasteiger partial charge < -0.3 is 14.5 Å². The highest BCUT2D eigenvalue weighted by atomic mass is 16.5. The van der Waals surface area contributed by atoms with Gasteiger partial charge in [0.1, 0.15) is 11.5 Å². The Labute approximate surface area is 239 Å². The van der Waals surface area contributed by atoms with Gasteiger partial charge in [0.15, 0.2) is 0 Å². The zero-order valence-electron chi connectivity index (χ0n) is 22.2. The fourth-order valence-corrected chi connectivity index (χ4v) is 7.86. The molecule has 4 heterocycles. The first kappa shape index (κ1) is 21.6. The van der Waals surface area contributed by atoms with Gasteiger partial charge in [-0.15, -0.1) is 0 Å². The van der Waals surface area contributed by atoms with E-state index in [0.29, 0.717) is 0 Å². The van der Waals surface area contributed by atoms with E-state index >= 15 is 0 Å². The Bertz CT molecular complexity index is 2020. The van der Waals surface area contributed by atoms with E-state index < -0.39 is 0 Å². The monoisotopic (exact) mass is 520 g/mol. The third-order valence-corrected chi connectivity index (χ3v) is 9.31. The van der Waals surface area contributed by atoms with E-state index in [9.17, 15) is 0 Å². The highest BCUT2D eigenvalue weighted by Crippen LogP contribution is 2.44. The lowest BCUT2D eigenvalue weighted by molar-refractivity contribution is 0.488. The van der Waals surface area contributed by atoms with E-state index in [1.165, 1.54) is 66.9 Å². The van der Waals surface area contributed by atoms with E-state index in [0.717, 1.165) is 11.5 Å². The lowest BCUT2D eigenvalue weighted by atomic mass is 9.19. The van der Waals surface area contributed by atoms with E-state index in [-0.39, 0.29) is 13.4 Å². The first-order valence-corrected chi connectivity index (χ1v) is 14.3. The molecule has 0 fully saturated rings. The van der Waals surface area contributed by atoms with Crippen LogP contribution in [0.15, 0.2) is 133 Å². The maximum absolute atomic E-state index is 6.65. The molecule has 4 aliphatic rings. The van der Waals surface area contributed by atoms with E-state index in [1.807, 2.05) is 0 Å². The van der Waals surface area contributed by atoms with Crippen molar-refractivity contribution >= 4 is 80.3 Å². The Kier molecular flexibility index (Phi) is 4.08. The molecule has 5 heteroatoms. The summed E-state index contributed by atoms with van der Waals surface area (Å²) in [5, 5.41) is 0. The van der Waals surface area contributed by atoms with Crippen molar-refractivity contribution in [1.82, 2.24) is 0 Å². The Hall–Kier alpha value is -5.15. The normalized spacial score (nSPS) is 14.3. The number of fused-ring (bicyclic) bond motifs is 3. The molecule has 41 heavy (non-hydrogen) atoms. The number of nitrogens with zero attached hydrogens (tertiary/aromatic N) is 2. The third-order valence-electron chi connectivity index (χ3n) is 9.31. The average molecular weight is 520 g/mol. The van der Waals surface area contributed by atoms with Gasteiger partial charge in [-0.3, -0.25) is 0 Å². The van der Waals surface area contributed by atoms with Crippen molar-refractivity contribution < 1.29 is 4.74 Å². The first-order valence-electron chi connectivity index (χ1n) is 14.3. The summed E-state index contributed by atoms with van der Waals surface area (Å²) >= 11 is 0. The lowest BCUT2D eigenvalue weighted by Gasteiger charge is -2.49. The third kappa shape index (κ3) is 2.66. The van der Waals surface area contributed by atoms with Crippen LogP contribution < -0.4 is 47.3 Å². The molecule has 0 aromatic heterocycles. The van der Waals surface area contributed by atoms with Crippen LogP contribution in [0.4, 0.5) is 34.1 Å². The number of ether oxygens (including phenoxy) is 1. The van der Waals surface area contributed by atoms with Crippen molar-refractivity contribution in [2.24, 2.45) is 0 Å². The van der Waals surface area contributed by atoms with Crippen LogP contribution in [0.5, 0.6) is 11.5 Å². The number of hydrogen-bond acceptors (Lipinski definition) is 3. The lowest BCUT2D eigenvalue weighted by Crippen LogP contribution is -2.79. The minimum Gasteiger partial charge on any atom is -0.458 e. The van der Waals surface area contributed by atoms with Crippen LogP contribution in [0.2, 0.25) is 0 Å². The van der Waals surface area contributed by atoms with Crippen LogP contribution >= 0.6 is 0 Å². The molecule has 0 spiro atoms. The van der Waals surface area contributed by atoms with Crippen molar-refractivity contribution in [3.05, 3.63) is 133 Å². The van der Waals surface area contributed by atoms with Crippen LogP contribution in [-0.2, 0) is 0 Å². The molecular weight excluding hydrogens is 498 g/mol. The van der Waals surface area contributed by atoms with Crippen molar-refractivity contribution in [2.45, 2.75) is 0 Å². The van der Waals surface area contributed by atoms with Crippen molar-refractivity contribution in [1.29, 1.82) is 0 Å². The molecular formula is C36H22B2N2O. The summed E-state index contributed by atoms with van der Waals surface area (Å²) in [6.45, 7) is 0.237. The summed E-state index contributed by atoms with van der Waals surface area (Å²) in [5.74, 6) is 1.93. The zero-order chi connectivity index (χ0) is 26.7. The predicted molar refractivity (Wildman–Crippen MR) is 172 cm³/mol. The minimum absolute atomic E-state index is 0.109. The SMILES string of the molecule is c1ccc(N2c3cccc4c3B3c5c2cccc5N(c2ccccc2)c2ccc5c(c23)B4c2ccccc2O5)cc1. The van der Waals surface area contributed by atoms with Crippen LogP contribution in [-0.4, -0.2) is 13.4 Å². The van der Waals surface area contributed by atoms with E-state index in [2.05, 4.69) is 143 Å². The van der Waals surface area contributed by atoms with Crippen LogP contribution in [0.25, 0.3) is 0 Å². The molecule has 6 aromatic rings. The second-order valence-electron chi connectivity index (χ2n) is 11.2. The van der Waals surface area contributed by atoms with E-state index in [1.54, 1.807) is 0 Å². The van der Waals surface area contributed by atoms with Crippen molar-refractivity contribution in [3.63, 3.8) is 0 Å². The van der Waals surface area contributed by atoms with Gasteiger partial charge in [0.2, 0.25) is 6.71 Å². The van der Waals surface area contributed by atoms with Crippen LogP contribution in [0, 0.1) is 0 Å². The van der Waals surface area contributed by atoms with Crippen LogP contribution in [0.3, 0.4) is 0 Å². The number of benzene rings is 6. The topological polar surface area (TPSA) is 15.7 Å². The second-order valence-corrected chi connectivity index (χ2v) is 11.2. The van der Waals surface area contributed by atoms with Gasteiger partial charge in [0, 0.05) is 34.1 Å². The summed E-state index contributed by atoms with van der Waals surface area (Å²) in [6.07, 6.45) is 0. The van der Waals surface area contributed by atoms with Crippen molar-refractivity contribution in [2.75, 3.05) is 9.80 Å². The molecule has 0 saturated carbocycles. The molecule has 0 amide bonds. The molecule has 188 valence electrons. The number of hydrogen-bond donors (Lipinski definition) is 0. The summed E-state index contributed by atoms with van der Waals surface area (Å²) in [4.78, 5) is 4.94. The molecule has 3 nitrogen and oxygen atoms in total. The Balaban J connectivity index is 1.38. The quantitative estimate of drug-likeness (QED) is 0.308. The molecule has 4 aliphatic heterocycles. The fourth-order valence-electron chi connectivity index (χ4n) is 7.86. The highest BCUT2D eigenvalue weighted by Gasteiger charge is 2.52. The smallest absolute Gasteiger partial charge is 0.250 e. The van der Waals surface area contributed by atoms with Crippen LogP contribution in [0.1, 0.15) is 0 Å². The molecule has 0 radical (unpaired) electrons. The molecule has 0 atom stereocenters. The van der Waals surface area contributed by atoms with Crippen molar-refractivity contribution in [3.8, 4) is 11.5 Å². The predicted octanol–water partition coefficient (Wildman–Crippen LogP) is 4.70. The highest BCUT2D eigenvalue weighted by molar-refractivity contribution is 7.14. The molecule has 0 aliphatic carbocycles. The summed E-state index contributed by atoms with van der Waals surface area (Å²) in [5.41, 5.74) is 15.4. The second kappa shape index (κ2) is 7.74. The summed E-state index contributed by atoms with van der Waals surface area (Å²) in [7, 11) is 0. The zero-order valence-corrected chi connectivity index (χ0v) is 22.2. The first-order chi connectivity index (χ1) is 20.4. The van der Waals surface area contributed by atoms with Gasteiger partial charge in [-0.25, -0.2) is 0 Å². The fraction of sp³-hybridized carbons (Fsp3) is 0. The maximum atomic E-state index is 6.65. The van der Waals surface area contributed by atoms with E-state index in [4.69, 9.17) is 4.74 Å².